The molecule has 0 aliphatic rings. The van der Waals surface area contributed by atoms with E-state index in [0.717, 1.165) is 18.4 Å². The van der Waals surface area contributed by atoms with Gasteiger partial charge in [-0.2, -0.15) is 0 Å². The van der Waals surface area contributed by atoms with E-state index in [1.807, 2.05) is 0 Å². The van der Waals surface area contributed by atoms with Crippen LogP contribution in [0.5, 0.6) is 0 Å². The van der Waals surface area contributed by atoms with Crippen molar-refractivity contribution in [3.8, 4) is 0 Å². The van der Waals surface area contributed by atoms with Gasteiger partial charge < -0.3 is 14.6 Å². The smallest absolute Gasteiger partial charge is 0.331 e. The second-order valence-corrected chi connectivity index (χ2v) is 1.60. The molecule has 0 unspecified atom stereocenters. The Labute approximate surface area is 76.3 Å². The van der Waals surface area contributed by atoms with Gasteiger partial charge in [0, 0.05) is 6.08 Å². The largest absolute Gasteiger partial charge is 0.504 e. The van der Waals surface area contributed by atoms with Gasteiger partial charge in [0.05, 0.1) is 26.6 Å². The van der Waals surface area contributed by atoms with E-state index in [-0.39, 0.29) is 0 Å². The third-order valence-electron chi connectivity index (χ3n) is 0.715. The summed E-state index contributed by atoms with van der Waals surface area (Å²) in [6.07, 6.45) is 3.13. The Balaban J connectivity index is 0. The predicted molar refractivity (Wildman–Crippen MR) is 46.0 cm³/mol. The van der Waals surface area contributed by atoms with Gasteiger partial charge in [0.15, 0.2) is 0 Å². The van der Waals surface area contributed by atoms with Gasteiger partial charge in [-0.05, 0) is 0 Å². The maximum Gasteiger partial charge on any atom is 0.331 e. The van der Waals surface area contributed by atoms with Crippen LogP contribution in [0.1, 0.15) is 0 Å². The summed E-state index contributed by atoms with van der Waals surface area (Å²) in [6, 6.07) is 0. The summed E-state index contributed by atoms with van der Waals surface area (Å²) in [5, 5.41) is 7.88. The number of carboxylic acids is 1. The molecule has 74 valence electrons. The van der Waals surface area contributed by atoms with Crippen LogP contribution in [0, 0.1) is 0 Å². The van der Waals surface area contributed by atoms with E-state index in [2.05, 4.69) is 16.1 Å². The highest BCUT2D eigenvalue weighted by Crippen LogP contribution is 1.69. The second-order valence-electron chi connectivity index (χ2n) is 1.60. The summed E-state index contributed by atoms with van der Waals surface area (Å²) >= 11 is 0. The number of hydrogen-bond acceptors (Lipinski definition) is 4. The van der Waals surface area contributed by atoms with E-state index in [0.29, 0.717) is 0 Å². The van der Waals surface area contributed by atoms with E-state index in [1.54, 1.807) is 0 Å². The van der Waals surface area contributed by atoms with E-state index >= 15 is 0 Å². The lowest BCUT2D eigenvalue weighted by molar-refractivity contribution is -0.135. The fraction of sp³-hybridized carbons (Fsp3) is 0.250. The highest BCUT2D eigenvalue weighted by atomic mass is 16.5. The minimum atomic E-state index is -0.998. The summed E-state index contributed by atoms with van der Waals surface area (Å²) in [5.41, 5.74) is 0. The lowest BCUT2D eigenvalue weighted by Gasteiger charge is -1.83. The number of ether oxygens (including phenoxy) is 2. The molecule has 13 heavy (non-hydrogen) atoms. The van der Waals surface area contributed by atoms with E-state index < -0.39 is 11.9 Å². The first-order valence-corrected chi connectivity index (χ1v) is 3.21. The molecule has 0 rings (SSSR count). The fourth-order valence-electron chi connectivity index (χ4n) is 0.210. The van der Waals surface area contributed by atoms with Gasteiger partial charge in [0.25, 0.3) is 0 Å². The minimum Gasteiger partial charge on any atom is -0.504 e. The zero-order valence-corrected chi connectivity index (χ0v) is 7.52. The molecule has 0 heterocycles. The van der Waals surface area contributed by atoms with Crippen LogP contribution in [0.3, 0.4) is 0 Å². The first kappa shape index (κ1) is 13.8. The van der Waals surface area contributed by atoms with Crippen LogP contribution in [0.25, 0.3) is 0 Å². The monoisotopic (exact) mass is 188 g/mol. The number of carbonyl (C=O) groups is 2. The Morgan fingerprint density at radius 3 is 2.00 bits per heavy atom. The Morgan fingerprint density at radius 1 is 1.38 bits per heavy atom. The van der Waals surface area contributed by atoms with Crippen LogP contribution in [-0.2, 0) is 19.1 Å². The van der Waals surface area contributed by atoms with Crippen molar-refractivity contribution in [2.75, 3.05) is 14.2 Å². The molecule has 0 spiro atoms. The molecule has 0 saturated carbocycles. The van der Waals surface area contributed by atoms with Crippen molar-refractivity contribution in [1.82, 2.24) is 0 Å². The van der Waals surface area contributed by atoms with Gasteiger partial charge in [0.2, 0.25) is 0 Å². The minimum absolute atomic E-state index is 0.394. The van der Waals surface area contributed by atoms with Crippen molar-refractivity contribution in [2.45, 2.75) is 0 Å². The number of aliphatic carboxylic acids is 1. The Morgan fingerprint density at radius 2 is 1.92 bits per heavy atom. The molecular formula is C8H12O5. The van der Waals surface area contributed by atoms with Gasteiger partial charge in [0.1, 0.15) is 0 Å². The molecule has 0 aliphatic heterocycles. The molecule has 1 N–H and O–H groups in total. The van der Waals surface area contributed by atoms with Crippen LogP contribution in [0.15, 0.2) is 25.0 Å². The summed E-state index contributed by atoms with van der Waals surface area (Å²) in [4.78, 5) is 19.4. The van der Waals surface area contributed by atoms with Crippen LogP contribution in [-0.4, -0.2) is 31.3 Å². The Kier molecular flexibility index (Phi) is 10.8. The molecule has 0 radical (unpaired) electrons. The molecule has 0 aromatic rings. The van der Waals surface area contributed by atoms with Crippen molar-refractivity contribution in [1.29, 1.82) is 0 Å². The zero-order valence-electron chi connectivity index (χ0n) is 7.52. The van der Waals surface area contributed by atoms with Crippen LogP contribution in [0.2, 0.25) is 0 Å². The molecule has 0 atom stereocenters. The number of esters is 1. The molecule has 5 heteroatoms. The average molecular weight is 188 g/mol. The van der Waals surface area contributed by atoms with Crippen molar-refractivity contribution in [3.63, 3.8) is 0 Å². The Hall–Kier alpha value is -1.78. The quantitative estimate of drug-likeness (QED) is 0.398. The fourth-order valence-corrected chi connectivity index (χ4v) is 0.210. The molecule has 0 aromatic heterocycles. The highest BCUT2D eigenvalue weighted by Gasteiger charge is 1.82. The zero-order chi connectivity index (χ0) is 10.7. The SMILES string of the molecule is C=CC(=O)OC.COC=CC(=O)O. The topological polar surface area (TPSA) is 72.8 Å². The molecule has 0 aliphatic carbocycles. The van der Waals surface area contributed by atoms with Crippen molar-refractivity contribution in [2.24, 2.45) is 0 Å². The lowest BCUT2D eigenvalue weighted by atomic mass is 10.7. The highest BCUT2D eigenvalue weighted by molar-refractivity contribution is 5.80. The Bertz CT molecular complexity index is 195. The third kappa shape index (κ3) is 17.8. The van der Waals surface area contributed by atoms with Crippen molar-refractivity contribution < 1.29 is 24.2 Å². The summed E-state index contributed by atoms with van der Waals surface area (Å²) in [7, 11) is 2.70. The summed E-state index contributed by atoms with van der Waals surface area (Å²) in [6.45, 7) is 3.16. The molecule has 0 saturated heterocycles. The molecule has 0 amide bonds. The number of hydrogen-bond donors (Lipinski definition) is 1. The maximum atomic E-state index is 9.84. The average Bonchev–Trinajstić information content (AvgIpc) is 2.14. The van der Waals surface area contributed by atoms with Crippen LogP contribution >= 0.6 is 0 Å². The van der Waals surface area contributed by atoms with E-state index in [9.17, 15) is 9.59 Å². The summed E-state index contributed by atoms with van der Waals surface area (Å²) in [5.74, 6) is -1.39. The number of carboxylic acid groups (broad SMARTS) is 1. The predicted octanol–water partition coefficient (Wildman–Crippen LogP) is 0.577. The molecule has 0 aromatic carbocycles. The van der Waals surface area contributed by atoms with Crippen molar-refractivity contribution in [3.05, 3.63) is 25.0 Å². The van der Waals surface area contributed by atoms with Gasteiger partial charge in [-0.1, -0.05) is 6.58 Å². The molecule has 0 fully saturated rings. The van der Waals surface area contributed by atoms with E-state index in [1.165, 1.54) is 14.2 Å². The third-order valence-corrected chi connectivity index (χ3v) is 0.715. The van der Waals surface area contributed by atoms with Gasteiger partial charge in [-0.3, -0.25) is 0 Å². The molecule has 0 bridgehead atoms. The standard InChI is InChI=1S/C4H6O3.C4H6O2/c1-7-3-2-4(5)6;1-3-4(5)6-2/h2-3H,1H3,(H,5,6);3H,1H2,2H3. The second kappa shape index (κ2) is 10.2. The van der Waals surface area contributed by atoms with Crippen LogP contribution in [0.4, 0.5) is 0 Å². The first-order chi connectivity index (χ1) is 6.08. The van der Waals surface area contributed by atoms with E-state index in [4.69, 9.17) is 5.11 Å². The first-order valence-electron chi connectivity index (χ1n) is 3.21. The maximum absolute atomic E-state index is 9.84. The van der Waals surface area contributed by atoms with Gasteiger partial charge >= 0.3 is 11.9 Å². The number of carbonyl (C=O) groups excluding carboxylic acids is 1. The van der Waals surface area contributed by atoms with Crippen molar-refractivity contribution >= 4 is 11.9 Å². The van der Waals surface area contributed by atoms with Gasteiger partial charge in [-0.15, -0.1) is 0 Å². The summed E-state index contributed by atoms with van der Waals surface area (Å²) < 4.78 is 8.43. The normalized spacial score (nSPS) is 8.15. The lowest BCUT2D eigenvalue weighted by Crippen LogP contribution is -1.91. The number of methoxy groups -OCH3 is 2. The number of rotatable bonds is 3. The van der Waals surface area contributed by atoms with Crippen LogP contribution < -0.4 is 0 Å². The molecular weight excluding hydrogens is 176 g/mol. The molecule has 5 nitrogen and oxygen atoms in total. The van der Waals surface area contributed by atoms with Gasteiger partial charge in [-0.25, -0.2) is 9.59 Å².